The highest BCUT2D eigenvalue weighted by molar-refractivity contribution is 5.89. The molecule has 0 saturated carbocycles. The molecular weight excluding hydrogens is 363 g/mol. The number of rotatable bonds is 2. The number of hydrogen-bond acceptors (Lipinski definition) is 5. The van der Waals surface area contributed by atoms with Gasteiger partial charge in [0.2, 0.25) is 5.95 Å². The molecule has 0 bridgehead atoms. The topological polar surface area (TPSA) is 85.4 Å². The third-order valence-corrected chi connectivity index (χ3v) is 4.63. The predicted molar refractivity (Wildman–Crippen MR) is 95.2 cm³/mol. The Bertz CT molecular complexity index is 809. The second-order valence-electron chi connectivity index (χ2n) is 6.75. The van der Waals surface area contributed by atoms with Crippen molar-refractivity contribution >= 4 is 28.8 Å². The highest BCUT2D eigenvalue weighted by atomic mass is 19.4. The van der Waals surface area contributed by atoms with E-state index in [4.69, 9.17) is 19.9 Å². The van der Waals surface area contributed by atoms with Crippen molar-refractivity contribution in [1.82, 2.24) is 15.0 Å². The maximum absolute atomic E-state index is 10.6. The number of halogens is 3. The number of aromatic nitrogens is 3. The largest absolute Gasteiger partial charge is 0.490 e. The lowest BCUT2D eigenvalue weighted by Crippen LogP contribution is -2.24. The molecule has 0 radical (unpaired) electrons. The first kappa shape index (κ1) is 19.2. The molecule has 7 nitrogen and oxygen atoms in total. The van der Waals surface area contributed by atoms with Crippen molar-refractivity contribution in [1.29, 1.82) is 0 Å². The van der Waals surface area contributed by atoms with E-state index < -0.39 is 12.1 Å². The van der Waals surface area contributed by atoms with E-state index in [1.165, 1.54) is 31.1 Å². The van der Waals surface area contributed by atoms with E-state index in [0.717, 1.165) is 49.3 Å². The molecule has 2 saturated heterocycles. The fourth-order valence-corrected chi connectivity index (χ4v) is 3.34. The van der Waals surface area contributed by atoms with Crippen LogP contribution < -0.4 is 9.80 Å². The average Bonchev–Trinajstić information content (AvgIpc) is 3.34. The lowest BCUT2D eigenvalue weighted by Gasteiger charge is -2.21. The summed E-state index contributed by atoms with van der Waals surface area (Å²) in [7, 11) is 0. The number of nitrogens with one attached hydrogen (secondary N) is 1. The number of H-pyrrole nitrogens is 1. The van der Waals surface area contributed by atoms with Crippen molar-refractivity contribution in [2.75, 3.05) is 36.0 Å². The third-order valence-electron chi connectivity index (χ3n) is 4.63. The molecule has 2 fully saturated rings. The van der Waals surface area contributed by atoms with E-state index in [1.54, 1.807) is 0 Å². The first-order valence-corrected chi connectivity index (χ1v) is 8.93. The van der Waals surface area contributed by atoms with Gasteiger partial charge in [-0.15, -0.1) is 0 Å². The zero-order valence-corrected chi connectivity index (χ0v) is 15.0. The zero-order chi connectivity index (χ0) is 19.6. The van der Waals surface area contributed by atoms with Crippen molar-refractivity contribution in [3.63, 3.8) is 0 Å². The van der Waals surface area contributed by atoms with Crippen LogP contribution in [0.3, 0.4) is 0 Å². The summed E-state index contributed by atoms with van der Waals surface area (Å²) in [6.45, 7) is 6.51. The van der Waals surface area contributed by atoms with Crippen molar-refractivity contribution in [2.24, 2.45) is 0 Å². The minimum atomic E-state index is -5.08. The number of anilines is 2. The first-order chi connectivity index (χ1) is 12.8. The van der Waals surface area contributed by atoms with Gasteiger partial charge in [-0.1, -0.05) is 0 Å². The fourth-order valence-electron chi connectivity index (χ4n) is 3.34. The Balaban J connectivity index is 0.000000260. The normalized spacial score (nSPS) is 17.3. The molecule has 10 heteroatoms. The van der Waals surface area contributed by atoms with Gasteiger partial charge in [0.05, 0.1) is 5.39 Å². The molecule has 148 valence electrons. The van der Waals surface area contributed by atoms with E-state index in [1.807, 2.05) is 0 Å². The SMILES string of the molecule is Cc1cc2c(N3CCCC3)nc(N3CCCC3)nc2[nH]1.O=C(O)C(F)(F)F. The molecule has 0 unspecified atom stereocenters. The number of aryl methyl sites for hydroxylation is 1. The molecule has 2 N–H and O–H groups in total. The highest BCUT2D eigenvalue weighted by Gasteiger charge is 2.38. The van der Waals surface area contributed by atoms with Crippen LogP contribution in [0, 0.1) is 6.92 Å². The summed E-state index contributed by atoms with van der Waals surface area (Å²) in [5.41, 5.74) is 2.15. The Morgan fingerprint density at radius 3 is 2.11 bits per heavy atom. The summed E-state index contributed by atoms with van der Waals surface area (Å²) in [6, 6.07) is 2.18. The predicted octanol–water partition coefficient (Wildman–Crippen LogP) is 3.10. The number of carboxylic acids is 1. The lowest BCUT2D eigenvalue weighted by molar-refractivity contribution is -0.192. The van der Waals surface area contributed by atoms with E-state index in [-0.39, 0.29) is 0 Å². The number of aromatic amines is 1. The summed E-state index contributed by atoms with van der Waals surface area (Å²) in [4.78, 5) is 26.6. The van der Waals surface area contributed by atoms with E-state index in [9.17, 15) is 13.2 Å². The molecule has 2 aliphatic heterocycles. The summed E-state index contributed by atoms with van der Waals surface area (Å²) >= 11 is 0. The Labute approximate surface area is 154 Å². The molecule has 0 aromatic carbocycles. The second kappa shape index (κ2) is 7.61. The Morgan fingerprint density at radius 2 is 1.59 bits per heavy atom. The first-order valence-electron chi connectivity index (χ1n) is 8.93. The molecule has 0 atom stereocenters. The van der Waals surface area contributed by atoms with Crippen LogP contribution >= 0.6 is 0 Å². The smallest absolute Gasteiger partial charge is 0.475 e. The monoisotopic (exact) mass is 385 g/mol. The van der Waals surface area contributed by atoms with Crippen LogP contribution in [0.5, 0.6) is 0 Å². The molecule has 4 rings (SSSR count). The van der Waals surface area contributed by atoms with E-state index in [0.29, 0.717) is 0 Å². The number of alkyl halides is 3. The number of fused-ring (bicyclic) bond motifs is 1. The minimum absolute atomic E-state index is 0.902. The maximum Gasteiger partial charge on any atom is 0.490 e. The van der Waals surface area contributed by atoms with Gasteiger partial charge in [-0.25, -0.2) is 4.79 Å². The molecule has 2 aromatic rings. The van der Waals surface area contributed by atoms with Gasteiger partial charge in [0, 0.05) is 31.9 Å². The van der Waals surface area contributed by atoms with Crippen LogP contribution in [0.25, 0.3) is 11.0 Å². The van der Waals surface area contributed by atoms with Crippen LogP contribution in [-0.4, -0.2) is 58.4 Å². The van der Waals surface area contributed by atoms with Crippen molar-refractivity contribution < 1.29 is 23.1 Å². The van der Waals surface area contributed by atoms with Gasteiger partial charge in [0.15, 0.2) is 0 Å². The minimum Gasteiger partial charge on any atom is -0.475 e. The number of carboxylic acid groups (broad SMARTS) is 1. The molecule has 27 heavy (non-hydrogen) atoms. The molecular formula is C17H22F3N5O2. The number of carbonyl (C=O) groups is 1. The fraction of sp³-hybridized carbons (Fsp3) is 0.588. The van der Waals surface area contributed by atoms with Crippen molar-refractivity contribution in [2.45, 2.75) is 38.8 Å². The third kappa shape index (κ3) is 4.42. The summed E-state index contributed by atoms with van der Waals surface area (Å²) in [5.74, 6) is -0.731. The summed E-state index contributed by atoms with van der Waals surface area (Å²) in [6.07, 6.45) is -0.0315. The van der Waals surface area contributed by atoms with Gasteiger partial charge in [0.1, 0.15) is 11.5 Å². The quantitative estimate of drug-likeness (QED) is 0.826. The Kier molecular flexibility index (Phi) is 5.43. The van der Waals surface area contributed by atoms with Crippen LogP contribution in [-0.2, 0) is 4.79 Å². The number of nitrogens with zero attached hydrogens (tertiary/aromatic N) is 4. The lowest BCUT2D eigenvalue weighted by atomic mass is 10.3. The zero-order valence-electron chi connectivity index (χ0n) is 15.0. The van der Waals surface area contributed by atoms with Gasteiger partial charge in [-0.3, -0.25) is 0 Å². The average molecular weight is 385 g/mol. The van der Waals surface area contributed by atoms with E-state index in [2.05, 4.69) is 27.8 Å². The van der Waals surface area contributed by atoms with Crippen LogP contribution in [0.4, 0.5) is 24.9 Å². The van der Waals surface area contributed by atoms with Crippen LogP contribution in [0.1, 0.15) is 31.4 Å². The van der Waals surface area contributed by atoms with Crippen molar-refractivity contribution in [3.8, 4) is 0 Å². The molecule has 4 heterocycles. The number of aliphatic carboxylic acids is 1. The maximum atomic E-state index is 10.6. The number of hydrogen-bond donors (Lipinski definition) is 2. The molecule has 2 aliphatic rings. The van der Waals surface area contributed by atoms with Gasteiger partial charge in [0.25, 0.3) is 0 Å². The van der Waals surface area contributed by atoms with E-state index >= 15 is 0 Å². The Morgan fingerprint density at radius 1 is 1.07 bits per heavy atom. The molecule has 0 aliphatic carbocycles. The standard InChI is InChI=1S/C15H21N5.C2HF3O2/c1-11-10-12-13(16-11)17-15(20-8-4-5-9-20)18-14(12)19-6-2-3-7-19;3-2(4,5)1(6)7/h10H,2-9H2,1H3,(H,16,17,18);(H,6,7). The summed E-state index contributed by atoms with van der Waals surface area (Å²) in [5, 5.41) is 8.30. The van der Waals surface area contributed by atoms with Gasteiger partial charge >= 0.3 is 12.1 Å². The van der Waals surface area contributed by atoms with Gasteiger partial charge in [-0.05, 0) is 38.7 Å². The summed E-state index contributed by atoms with van der Waals surface area (Å²) < 4.78 is 31.7. The second-order valence-corrected chi connectivity index (χ2v) is 6.75. The van der Waals surface area contributed by atoms with Crippen molar-refractivity contribution in [3.05, 3.63) is 11.8 Å². The van der Waals surface area contributed by atoms with Crippen LogP contribution in [0.2, 0.25) is 0 Å². The highest BCUT2D eigenvalue weighted by Crippen LogP contribution is 2.30. The van der Waals surface area contributed by atoms with Gasteiger partial charge < -0.3 is 19.9 Å². The molecule has 0 spiro atoms. The van der Waals surface area contributed by atoms with Gasteiger partial charge in [-0.2, -0.15) is 23.1 Å². The Hall–Kier alpha value is -2.52. The molecule has 2 aromatic heterocycles. The van der Waals surface area contributed by atoms with Crippen LogP contribution in [0.15, 0.2) is 6.07 Å². The molecule has 0 amide bonds.